The summed E-state index contributed by atoms with van der Waals surface area (Å²) in [5.41, 5.74) is 10.3. The van der Waals surface area contributed by atoms with Gasteiger partial charge in [-0.3, -0.25) is 4.79 Å². The van der Waals surface area contributed by atoms with Crippen LogP contribution in [0.25, 0.3) is 22.5 Å². The van der Waals surface area contributed by atoms with E-state index in [1.54, 1.807) is 23.1 Å². The number of fused-ring (bicyclic) bond motifs is 1. The standard InChI is InChI=1S/C24H30N8O/c1-16(24(33)30-21-6-8-31(2)9-7-21)27-13-19(12-25)18-11-23-28-15-22(32(23)29-14-18)17-4-3-5-20(26)10-17/h3-5,10-16,21,25,27H,6-9,26H2,1-2H3,(H,30,33)/b19-13+,25-12?. The minimum absolute atomic E-state index is 0.0428. The van der Waals surface area contributed by atoms with Crippen LogP contribution in [0.5, 0.6) is 0 Å². The number of benzene rings is 1. The average Bonchev–Trinajstić information content (AvgIpc) is 3.24. The molecule has 9 nitrogen and oxygen atoms in total. The molecule has 0 aliphatic carbocycles. The van der Waals surface area contributed by atoms with Crippen molar-refractivity contribution in [2.45, 2.75) is 31.8 Å². The molecule has 1 aromatic carbocycles. The molecule has 0 saturated carbocycles. The van der Waals surface area contributed by atoms with Crippen LogP contribution in [-0.2, 0) is 4.79 Å². The highest BCUT2D eigenvalue weighted by molar-refractivity contribution is 6.08. The predicted octanol–water partition coefficient (Wildman–Crippen LogP) is 2.16. The van der Waals surface area contributed by atoms with Crippen LogP contribution >= 0.6 is 0 Å². The number of nitrogens with two attached hydrogens (primary N) is 1. The fourth-order valence-electron chi connectivity index (χ4n) is 3.91. The zero-order valence-corrected chi connectivity index (χ0v) is 19.0. The van der Waals surface area contributed by atoms with Gasteiger partial charge < -0.3 is 26.7 Å². The molecule has 1 aliphatic heterocycles. The second-order valence-corrected chi connectivity index (χ2v) is 8.50. The zero-order chi connectivity index (χ0) is 23.4. The smallest absolute Gasteiger partial charge is 0.242 e. The first-order chi connectivity index (χ1) is 15.9. The molecule has 1 saturated heterocycles. The number of hydrogen-bond acceptors (Lipinski definition) is 7. The molecule has 5 N–H and O–H groups in total. The summed E-state index contributed by atoms with van der Waals surface area (Å²) in [6.07, 6.45) is 8.29. The Morgan fingerprint density at radius 3 is 2.79 bits per heavy atom. The van der Waals surface area contributed by atoms with Crippen molar-refractivity contribution in [3.05, 3.63) is 54.5 Å². The quantitative estimate of drug-likeness (QED) is 0.326. The lowest BCUT2D eigenvalue weighted by atomic mass is 10.1. The van der Waals surface area contributed by atoms with E-state index in [0.29, 0.717) is 16.9 Å². The third kappa shape index (κ3) is 5.20. The fraction of sp³-hybridized carbons (Fsp3) is 0.333. The minimum atomic E-state index is -0.419. The Hall–Kier alpha value is -3.72. The van der Waals surface area contributed by atoms with Crippen molar-refractivity contribution < 1.29 is 4.79 Å². The van der Waals surface area contributed by atoms with E-state index in [9.17, 15) is 4.79 Å². The summed E-state index contributed by atoms with van der Waals surface area (Å²) < 4.78 is 1.74. The summed E-state index contributed by atoms with van der Waals surface area (Å²) in [6, 6.07) is 9.23. The second kappa shape index (κ2) is 9.83. The van der Waals surface area contributed by atoms with Gasteiger partial charge in [-0.2, -0.15) is 5.10 Å². The van der Waals surface area contributed by atoms with E-state index in [2.05, 4.69) is 32.7 Å². The van der Waals surface area contributed by atoms with Crippen LogP contribution in [0.15, 0.2) is 48.9 Å². The first kappa shape index (κ1) is 22.5. The molecule has 0 spiro atoms. The Bertz CT molecular complexity index is 1180. The third-order valence-electron chi connectivity index (χ3n) is 5.98. The summed E-state index contributed by atoms with van der Waals surface area (Å²) in [7, 11) is 2.10. The van der Waals surface area contributed by atoms with E-state index in [-0.39, 0.29) is 11.9 Å². The highest BCUT2D eigenvalue weighted by Gasteiger charge is 2.21. The predicted molar refractivity (Wildman–Crippen MR) is 131 cm³/mol. The molecule has 3 aromatic rings. The second-order valence-electron chi connectivity index (χ2n) is 8.50. The van der Waals surface area contributed by atoms with Crippen LogP contribution in [0.2, 0.25) is 0 Å². The number of anilines is 1. The van der Waals surface area contributed by atoms with Crippen molar-refractivity contribution in [1.82, 2.24) is 30.1 Å². The molecule has 1 amide bonds. The molecule has 172 valence electrons. The Balaban J connectivity index is 1.46. The van der Waals surface area contributed by atoms with Crippen LogP contribution < -0.4 is 16.4 Å². The molecule has 4 rings (SSSR count). The molecule has 0 radical (unpaired) electrons. The van der Waals surface area contributed by atoms with E-state index in [4.69, 9.17) is 11.1 Å². The van der Waals surface area contributed by atoms with Gasteiger partial charge in [-0.15, -0.1) is 0 Å². The lowest BCUT2D eigenvalue weighted by Crippen LogP contribution is -2.48. The normalized spacial score (nSPS) is 16.5. The van der Waals surface area contributed by atoms with Gasteiger partial charge in [-0.05, 0) is 58.1 Å². The van der Waals surface area contributed by atoms with Gasteiger partial charge in [0.05, 0.1) is 18.1 Å². The number of allylic oxidation sites excluding steroid dienone is 1. The molecular formula is C24H30N8O. The topological polar surface area (TPSA) is 124 Å². The molecule has 1 atom stereocenters. The molecular weight excluding hydrogens is 416 g/mol. The Morgan fingerprint density at radius 1 is 1.27 bits per heavy atom. The number of nitrogen functional groups attached to an aromatic ring is 1. The van der Waals surface area contributed by atoms with Crippen LogP contribution in [0.1, 0.15) is 25.3 Å². The molecule has 1 aliphatic rings. The van der Waals surface area contributed by atoms with Crippen LogP contribution in [0.3, 0.4) is 0 Å². The maximum Gasteiger partial charge on any atom is 0.242 e. The molecule has 3 heterocycles. The summed E-state index contributed by atoms with van der Waals surface area (Å²) in [5.74, 6) is -0.0428. The number of carbonyl (C=O) groups is 1. The van der Waals surface area contributed by atoms with Gasteiger partial charge >= 0.3 is 0 Å². The SMILES string of the molecule is CC(N/C=C(\C=N)c1cnn2c(-c3cccc(N)c3)cnc2c1)C(=O)NC1CCN(C)CC1. The summed E-state index contributed by atoms with van der Waals surface area (Å²) >= 11 is 0. The number of carbonyl (C=O) groups excluding carboxylic acids is 1. The van der Waals surface area contributed by atoms with Crippen molar-refractivity contribution >= 4 is 29.0 Å². The average molecular weight is 447 g/mol. The molecule has 9 heteroatoms. The molecule has 0 bridgehead atoms. The van der Waals surface area contributed by atoms with E-state index >= 15 is 0 Å². The minimum Gasteiger partial charge on any atom is -0.399 e. The summed E-state index contributed by atoms with van der Waals surface area (Å²) in [5, 5.41) is 18.6. The Morgan fingerprint density at radius 2 is 2.06 bits per heavy atom. The van der Waals surface area contributed by atoms with Crippen molar-refractivity contribution in [2.75, 3.05) is 25.9 Å². The fourth-order valence-corrected chi connectivity index (χ4v) is 3.91. The first-order valence-corrected chi connectivity index (χ1v) is 11.1. The number of imidazole rings is 1. The van der Waals surface area contributed by atoms with E-state index < -0.39 is 6.04 Å². The number of nitrogens with zero attached hydrogens (tertiary/aromatic N) is 4. The molecule has 1 fully saturated rings. The van der Waals surface area contributed by atoms with Gasteiger partial charge in [0.2, 0.25) is 5.91 Å². The van der Waals surface area contributed by atoms with Gasteiger partial charge in [0.1, 0.15) is 6.04 Å². The van der Waals surface area contributed by atoms with Crippen molar-refractivity contribution in [3.8, 4) is 11.3 Å². The van der Waals surface area contributed by atoms with Crippen molar-refractivity contribution in [2.24, 2.45) is 0 Å². The van der Waals surface area contributed by atoms with Crippen LogP contribution in [0.4, 0.5) is 5.69 Å². The van der Waals surface area contributed by atoms with E-state index in [1.807, 2.05) is 37.3 Å². The maximum atomic E-state index is 12.6. The van der Waals surface area contributed by atoms with Gasteiger partial charge in [-0.1, -0.05) is 12.1 Å². The summed E-state index contributed by atoms with van der Waals surface area (Å²) in [4.78, 5) is 19.3. The van der Waals surface area contributed by atoms with Crippen LogP contribution in [-0.4, -0.2) is 63.8 Å². The highest BCUT2D eigenvalue weighted by atomic mass is 16.2. The van der Waals surface area contributed by atoms with Gasteiger partial charge in [0.25, 0.3) is 0 Å². The molecule has 1 unspecified atom stereocenters. The largest absolute Gasteiger partial charge is 0.399 e. The first-order valence-electron chi connectivity index (χ1n) is 11.1. The zero-order valence-electron chi connectivity index (χ0n) is 19.0. The summed E-state index contributed by atoms with van der Waals surface area (Å²) in [6.45, 7) is 3.80. The van der Waals surface area contributed by atoms with Crippen LogP contribution in [0, 0.1) is 5.41 Å². The monoisotopic (exact) mass is 446 g/mol. The van der Waals surface area contributed by atoms with E-state index in [1.165, 1.54) is 6.21 Å². The maximum absolute atomic E-state index is 12.6. The number of rotatable bonds is 7. The Kier molecular flexibility index (Phi) is 6.69. The highest BCUT2D eigenvalue weighted by Crippen LogP contribution is 2.23. The third-order valence-corrected chi connectivity index (χ3v) is 5.98. The lowest BCUT2D eigenvalue weighted by molar-refractivity contribution is -0.123. The molecule has 33 heavy (non-hydrogen) atoms. The van der Waals surface area contributed by atoms with Gasteiger partial charge in [0.15, 0.2) is 5.65 Å². The number of nitrogens with one attached hydrogen (secondary N) is 3. The van der Waals surface area contributed by atoms with E-state index in [0.717, 1.165) is 42.8 Å². The number of hydrogen-bond donors (Lipinski definition) is 4. The molecule has 2 aromatic heterocycles. The van der Waals surface area contributed by atoms with Crippen molar-refractivity contribution in [1.29, 1.82) is 5.41 Å². The number of aromatic nitrogens is 3. The Labute approximate surface area is 193 Å². The number of piperidine rings is 1. The number of likely N-dealkylation sites (tertiary alicyclic amines) is 1. The van der Waals surface area contributed by atoms with Gasteiger partial charge in [-0.25, -0.2) is 9.50 Å². The van der Waals surface area contributed by atoms with Crippen molar-refractivity contribution in [3.63, 3.8) is 0 Å². The number of amides is 1. The van der Waals surface area contributed by atoms with Gasteiger partial charge in [0, 0.05) is 40.8 Å². The lowest BCUT2D eigenvalue weighted by Gasteiger charge is -2.30.